The Bertz CT molecular complexity index is 428. The molecule has 0 heterocycles. The van der Waals surface area contributed by atoms with Crippen LogP contribution < -0.4 is 0 Å². The molecule has 72 valence electrons. The van der Waals surface area contributed by atoms with Crippen molar-refractivity contribution in [1.82, 2.24) is 0 Å². The molecule has 0 aromatic carbocycles. The Morgan fingerprint density at radius 3 is 2.86 bits per heavy atom. The molecular weight excluding hydrogens is 180 g/mol. The van der Waals surface area contributed by atoms with Gasteiger partial charge in [-0.3, -0.25) is 9.59 Å². The topological polar surface area (TPSA) is 54.4 Å². The summed E-state index contributed by atoms with van der Waals surface area (Å²) in [4.78, 5) is 23.3. The minimum Gasteiger partial charge on any atom is -0.481 e. The van der Waals surface area contributed by atoms with E-state index in [0.29, 0.717) is 29.5 Å². The van der Waals surface area contributed by atoms with Gasteiger partial charge in [0.15, 0.2) is 0 Å². The maximum absolute atomic E-state index is 11.9. The molecule has 6 aliphatic rings. The summed E-state index contributed by atoms with van der Waals surface area (Å²) < 4.78 is 0. The number of hydrogen-bond donors (Lipinski definition) is 1. The number of carboxylic acids is 1. The highest BCUT2D eigenvalue weighted by Crippen LogP contribution is 2.92. The quantitative estimate of drug-likeness (QED) is 0.651. The maximum atomic E-state index is 11.9. The van der Waals surface area contributed by atoms with E-state index in [1.54, 1.807) is 0 Å². The molecule has 6 rings (SSSR count). The third-order valence-corrected chi connectivity index (χ3v) is 6.26. The van der Waals surface area contributed by atoms with Crippen molar-refractivity contribution in [3.8, 4) is 0 Å². The van der Waals surface area contributed by atoms with E-state index in [1.807, 2.05) is 0 Å². The molecule has 0 amide bonds. The van der Waals surface area contributed by atoms with Crippen LogP contribution in [0.3, 0.4) is 0 Å². The molecule has 0 aliphatic heterocycles. The van der Waals surface area contributed by atoms with Crippen molar-refractivity contribution in [2.45, 2.75) is 6.42 Å². The Balaban J connectivity index is 1.86. The summed E-state index contributed by atoms with van der Waals surface area (Å²) in [5, 5.41) is 9.39. The number of rotatable bonds is 1. The molecular formula is C11H10O3. The van der Waals surface area contributed by atoms with Crippen molar-refractivity contribution in [3.05, 3.63) is 0 Å². The zero-order chi connectivity index (χ0) is 9.40. The predicted molar refractivity (Wildman–Crippen MR) is 44.1 cm³/mol. The summed E-state index contributed by atoms with van der Waals surface area (Å²) in [5.41, 5.74) is -0.550. The van der Waals surface area contributed by atoms with Crippen LogP contribution in [-0.2, 0) is 9.59 Å². The lowest BCUT2D eigenvalue weighted by atomic mass is 9.34. The third-order valence-electron chi connectivity index (χ3n) is 6.26. The van der Waals surface area contributed by atoms with Gasteiger partial charge in [0.25, 0.3) is 0 Å². The number of carboxylic acid groups (broad SMARTS) is 1. The minimum absolute atomic E-state index is 0.0602. The normalized spacial score (nSPS) is 73.7. The fraction of sp³-hybridized carbons (Fsp3) is 0.818. The van der Waals surface area contributed by atoms with E-state index in [0.717, 1.165) is 6.42 Å². The summed E-state index contributed by atoms with van der Waals surface area (Å²) in [7, 11) is 0. The summed E-state index contributed by atoms with van der Waals surface area (Å²) in [6, 6.07) is 0. The van der Waals surface area contributed by atoms with Crippen molar-refractivity contribution in [2.75, 3.05) is 0 Å². The molecule has 3 nitrogen and oxygen atoms in total. The number of Topliss-reactive ketones (excluding diaryl/α,β-unsaturated/α-hetero) is 1. The highest BCUT2D eigenvalue weighted by molar-refractivity contribution is 6.01. The predicted octanol–water partition coefficient (Wildman–Crippen LogP) is 0.398. The van der Waals surface area contributed by atoms with Gasteiger partial charge in [-0.1, -0.05) is 0 Å². The molecule has 0 aromatic heterocycles. The average Bonchev–Trinajstić information content (AvgIpc) is 2.55. The van der Waals surface area contributed by atoms with Gasteiger partial charge < -0.3 is 5.11 Å². The third kappa shape index (κ3) is 0.287. The van der Waals surface area contributed by atoms with Gasteiger partial charge in [0.2, 0.25) is 0 Å². The fourth-order valence-corrected chi connectivity index (χ4v) is 6.35. The minimum atomic E-state index is -0.662. The first-order valence-electron chi connectivity index (χ1n) is 5.48. The SMILES string of the molecule is O=C1[C@H]2C3[C@H]4[C@H]2[C@H]2C[C@@H]4[C@]3(C(=O)O)[C@@H]12. The fourth-order valence-electron chi connectivity index (χ4n) is 6.35. The molecule has 1 N–H and O–H groups in total. The van der Waals surface area contributed by atoms with Crippen LogP contribution in [0.1, 0.15) is 6.42 Å². The first-order valence-corrected chi connectivity index (χ1v) is 5.48. The van der Waals surface area contributed by atoms with Crippen molar-refractivity contribution >= 4 is 11.8 Å². The van der Waals surface area contributed by atoms with E-state index in [1.165, 1.54) is 0 Å². The molecule has 1 unspecified atom stereocenters. The van der Waals surface area contributed by atoms with E-state index >= 15 is 0 Å². The lowest BCUT2D eigenvalue weighted by Gasteiger charge is -2.67. The van der Waals surface area contributed by atoms with Crippen LogP contribution in [0.15, 0.2) is 0 Å². The molecule has 6 saturated carbocycles. The van der Waals surface area contributed by atoms with Crippen molar-refractivity contribution < 1.29 is 14.7 Å². The van der Waals surface area contributed by atoms with Crippen LogP contribution in [0.2, 0.25) is 0 Å². The van der Waals surface area contributed by atoms with Crippen LogP contribution in [0.4, 0.5) is 0 Å². The van der Waals surface area contributed by atoms with Gasteiger partial charge in [-0.15, -0.1) is 0 Å². The Morgan fingerprint density at radius 1 is 1.43 bits per heavy atom. The number of aliphatic carboxylic acids is 1. The second-order valence-corrected chi connectivity index (χ2v) is 5.83. The molecule has 6 aliphatic carbocycles. The largest absolute Gasteiger partial charge is 0.481 e. The zero-order valence-electron chi connectivity index (χ0n) is 7.51. The number of hydrogen-bond acceptors (Lipinski definition) is 2. The van der Waals surface area contributed by atoms with Gasteiger partial charge in [0, 0.05) is 11.8 Å². The Labute approximate surface area is 80.5 Å². The van der Waals surface area contributed by atoms with E-state index < -0.39 is 11.4 Å². The Morgan fingerprint density at radius 2 is 2.21 bits per heavy atom. The molecule has 0 radical (unpaired) electrons. The van der Waals surface area contributed by atoms with Crippen LogP contribution in [0.5, 0.6) is 0 Å². The highest BCUT2D eigenvalue weighted by Gasteiger charge is 2.95. The maximum Gasteiger partial charge on any atom is 0.310 e. The lowest BCUT2D eigenvalue weighted by Crippen LogP contribution is -2.70. The van der Waals surface area contributed by atoms with Crippen molar-refractivity contribution in [3.63, 3.8) is 0 Å². The number of ketones is 1. The molecule has 8 atom stereocenters. The van der Waals surface area contributed by atoms with E-state index in [2.05, 4.69) is 0 Å². The van der Waals surface area contributed by atoms with Crippen LogP contribution in [-0.4, -0.2) is 16.9 Å². The number of carbonyl (C=O) groups excluding carboxylic acids is 1. The van der Waals surface area contributed by atoms with Gasteiger partial charge in [-0.2, -0.15) is 0 Å². The summed E-state index contributed by atoms with van der Waals surface area (Å²) in [6.07, 6.45) is 1.05. The Hall–Kier alpha value is -0.860. The summed E-state index contributed by atoms with van der Waals surface area (Å²) in [5.74, 6) is 2.18. The van der Waals surface area contributed by atoms with Gasteiger partial charge in [-0.05, 0) is 36.0 Å². The van der Waals surface area contributed by atoms with Crippen molar-refractivity contribution in [2.24, 2.45) is 46.8 Å². The molecule has 6 fully saturated rings. The molecule has 0 saturated heterocycles. The van der Waals surface area contributed by atoms with E-state index in [4.69, 9.17) is 0 Å². The first-order chi connectivity index (χ1) is 6.70. The van der Waals surface area contributed by atoms with Gasteiger partial charge in [-0.25, -0.2) is 0 Å². The summed E-state index contributed by atoms with van der Waals surface area (Å²) >= 11 is 0. The molecule has 0 spiro atoms. The van der Waals surface area contributed by atoms with Crippen LogP contribution in [0, 0.1) is 46.8 Å². The van der Waals surface area contributed by atoms with Gasteiger partial charge >= 0.3 is 5.97 Å². The molecule has 3 heteroatoms. The molecule has 14 heavy (non-hydrogen) atoms. The van der Waals surface area contributed by atoms with Crippen LogP contribution >= 0.6 is 0 Å². The standard InChI is InChI=1S/C11H10O3/c12-9-6-4-2-1-3-5(4)8(6)11(3,7(2)9)10(13)14/h2-8H,1H2,(H,13,14)/t2-,3+,4-,5-,6-,7-,8?,11+/m1/s1. The van der Waals surface area contributed by atoms with Crippen molar-refractivity contribution in [1.29, 1.82) is 0 Å². The monoisotopic (exact) mass is 190 g/mol. The van der Waals surface area contributed by atoms with Crippen LogP contribution in [0.25, 0.3) is 0 Å². The Kier molecular flexibility index (Phi) is 0.646. The second kappa shape index (κ2) is 1.37. The highest BCUT2D eigenvalue weighted by atomic mass is 16.4. The van der Waals surface area contributed by atoms with E-state index in [-0.39, 0.29) is 17.8 Å². The lowest BCUT2D eigenvalue weighted by molar-refractivity contribution is -0.245. The summed E-state index contributed by atoms with van der Waals surface area (Å²) in [6.45, 7) is 0. The second-order valence-electron chi connectivity index (χ2n) is 5.83. The van der Waals surface area contributed by atoms with Gasteiger partial charge in [0.1, 0.15) is 5.78 Å². The first kappa shape index (κ1) is 6.59. The smallest absolute Gasteiger partial charge is 0.310 e. The number of carbonyl (C=O) groups is 2. The average molecular weight is 190 g/mol. The zero-order valence-corrected chi connectivity index (χ0v) is 7.51. The van der Waals surface area contributed by atoms with Gasteiger partial charge in [0.05, 0.1) is 5.41 Å². The van der Waals surface area contributed by atoms with E-state index in [9.17, 15) is 14.7 Å². The molecule has 4 bridgehead atoms. The molecule has 0 aromatic rings.